The maximum atomic E-state index is 11.8. The van der Waals surface area contributed by atoms with E-state index in [1.807, 2.05) is 0 Å². The highest BCUT2D eigenvalue weighted by Crippen LogP contribution is 2.23. The molecule has 0 bridgehead atoms. The van der Waals surface area contributed by atoms with Gasteiger partial charge in [0.15, 0.2) is 4.60 Å². The van der Waals surface area contributed by atoms with Crippen LogP contribution in [0.4, 0.5) is 4.79 Å². The monoisotopic (exact) mass is 348 g/mol. The van der Waals surface area contributed by atoms with Crippen LogP contribution in [0.25, 0.3) is 0 Å². The maximum absolute atomic E-state index is 11.8. The van der Waals surface area contributed by atoms with Crippen molar-refractivity contribution in [3.05, 3.63) is 10.3 Å². The summed E-state index contributed by atoms with van der Waals surface area (Å²) in [5.74, 6) is -1.06. The number of ether oxygens (including phenoxy) is 1. The molecule has 0 aliphatic rings. The van der Waals surface area contributed by atoms with Crippen molar-refractivity contribution in [2.75, 3.05) is 0 Å². The van der Waals surface area contributed by atoms with Gasteiger partial charge in [-0.05, 0) is 36.7 Å². The predicted molar refractivity (Wildman–Crippen MR) is 73.1 cm³/mol. The van der Waals surface area contributed by atoms with Crippen LogP contribution in [0, 0.1) is 0 Å². The fraction of sp³-hybridized carbons (Fsp3) is 0.636. The summed E-state index contributed by atoms with van der Waals surface area (Å²) in [6.07, 6.45) is -1.00. The van der Waals surface area contributed by atoms with Gasteiger partial charge < -0.3 is 15.2 Å². The molecule has 1 amide bonds. The Morgan fingerprint density at radius 1 is 1.50 bits per heavy atom. The van der Waals surface area contributed by atoms with Crippen molar-refractivity contribution in [2.45, 2.75) is 38.8 Å². The Morgan fingerprint density at radius 2 is 2.10 bits per heavy atom. The van der Waals surface area contributed by atoms with E-state index in [2.05, 4.69) is 31.6 Å². The van der Waals surface area contributed by atoms with Gasteiger partial charge in [-0.15, -0.1) is 5.10 Å². The van der Waals surface area contributed by atoms with Crippen LogP contribution in [0.15, 0.2) is 4.60 Å². The number of aryl methyl sites for hydroxylation is 1. The number of amides is 1. The van der Waals surface area contributed by atoms with Gasteiger partial charge in [0.1, 0.15) is 5.60 Å². The normalized spacial score (nSPS) is 12.8. The first-order valence-electron chi connectivity index (χ1n) is 5.86. The summed E-state index contributed by atoms with van der Waals surface area (Å²) in [6, 6.07) is -0.795. The van der Waals surface area contributed by atoms with Crippen LogP contribution >= 0.6 is 15.9 Å². The van der Waals surface area contributed by atoms with Crippen LogP contribution < -0.4 is 5.32 Å². The zero-order valence-electron chi connectivity index (χ0n) is 11.7. The number of rotatable bonds is 4. The summed E-state index contributed by atoms with van der Waals surface area (Å²) in [5.41, 5.74) is -0.210. The molecule has 0 saturated carbocycles. The second-order valence-electron chi connectivity index (χ2n) is 5.19. The van der Waals surface area contributed by atoms with E-state index < -0.39 is 23.7 Å². The third-order valence-electron chi connectivity index (χ3n) is 2.23. The van der Waals surface area contributed by atoms with Crippen LogP contribution in [0.2, 0.25) is 0 Å². The molecule has 0 unspecified atom stereocenters. The van der Waals surface area contributed by atoms with Crippen LogP contribution in [0.3, 0.4) is 0 Å². The van der Waals surface area contributed by atoms with Crippen molar-refractivity contribution in [3.8, 4) is 0 Å². The van der Waals surface area contributed by atoms with Crippen molar-refractivity contribution in [1.29, 1.82) is 0 Å². The fourth-order valence-corrected chi connectivity index (χ4v) is 2.15. The standard InChI is InChI=1S/C11H17BrN4O4/c1-11(2,3)20-10(19)13-6(5-7(17)18)8-9(12)14-15-16(8)4/h6H,5H2,1-4H3,(H,13,19)(H,17,18)/t6-/m0/s1. The summed E-state index contributed by atoms with van der Waals surface area (Å²) in [5, 5.41) is 19.0. The molecule has 0 radical (unpaired) electrons. The number of nitrogens with zero attached hydrogens (tertiary/aromatic N) is 3. The largest absolute Gasteiger partial charge is 0.481 e. The van der Waals surface area contributed by atoms with Gasteiger partial charge in [-0.3, -0.25) is 4.79 Å². The summed E-state index contributed by atoms with van der Waals surface area (Å²) in [7, 11) is 1.61. The van der Waals surface area contributed by atoms with E-state index in [9.17, 15) is 9.59 Å². The lowest BCUT2D eigenvalue weighted by Crippen LogP contribution is -2.36. The Morgan fingerprint density at radius 3 is 2.50 bits per heavy atom. The van der Waals surface area contributed by atoms with Gasteiger partial charge in [0.25, 0.3) is 0 Å². The number of aliphatic carboxylic acids is 1. The van der Waals surface area contributed by atoms with Gasteiger partial charge in [-0.1, -0.05) is 5.21 Å². The van der Waals surface area contributed by atoms with Crippen molar-refractivity contribution >= 4 is 28.0 Å². The van der Waals surface area contributed by atoms with E-state index in [1.165, 1.54) is 4.68 Å². The lowest BCUT2D eigenvalue weighted by atomic mass is 10.1. The SMILES string of the molecule is Cn1nnc(Br)c1[C@H](CC(=O)O)NC(=O)OC(C)(C)C. The van der Waals surface area contributed by atoms with Gasteiger partial charge in [0, 0.05) is 7.05 Å². The molecule has 0 saturated heterocycles. The third-order valence-corrected chi connectivity index (χ3v) is 2.79. The van der Waals surface area contributed by atoms with Crippen molar-refractivity contribution in [2.24, 2.45) is 7.05 Å². The second-order valence-corrected chi connectivity index (χ2v) is 5.94. The summed E-state index contributed by atoms with van der Waals surface area (Å²) >= 11 is 3.18. The van der Waals surface area contributed by atoms with E-state index in [0.717, 1.165) is 0 Å². The van der Waals surface area contributed by atoms with Gasteiger partial charge in [-0.2, -0.15) is 0 Å². The molecule has 1 rings (SSSR count). The van der Waals surface area contributed by atoms with Crippen LogP contribution in [-0.2, 0) is 16.6 Å². The second kappa shape index (κ2) is 6.21. The Balaban J connectivity index is 2.91. The molecule has 0 aromatic carbocycles. The van der Waals surface area contributed by atoms with E-state index in [4.69, 9.17) is 9.84 Å². The number of hydrogen-bond acceptors (Lipinski definition) is 5. The Labute approximate surface area is 124 Å². The predicted octanol–water partition coefficient (Wildman–Crippen LogP) is 1.62. The van der Waals surface area contributed by atoms with Crippen molar-refractivity contribution < 1.29 is 19.4 Å². The summed E-state index contributed by atoms with van der Waals surface area (Å²) in [4.78, 5) is 22.7. The van der Waals surface area contributed by atoms with Crippen LogP contribution in [-0.4, -0.2) is 37.8 Å². The minimum atomic E-state index is -1.06. The number of carboxylic acids is 1. The molecule has 1 atom stereocenters. The lowest BCUT2D eigenvalue weighted by Gasteiger charge is -2.23. The zero-order valence-corrected chi connectivity index (χ0v) is 13.3. The number of aromatic nitrogens is 3. The van der Waals surface area contributed by atoms with E-state index in [0.29, 0.717) is 10.3 Å². The van der Waals surface area contributed by atoms with E-state index in [-0.39, 0.29) is 6.42 Å². The first kappa shape index (κ1) is 16.4. The number of carbonyl (C=O) groups excluding carboxylic acids is 1. The highest BCUT2D eigenvalue weighted by molar-refractivity contribution is 9.10. The summed E-state index contributed by atoms with van der Waals surface area (Å²) in [6.45, 7) is 5.17. The number of hydrogen-bond donors (Lipinski definition) is 2. The van der Waals surface area contributed by atoms with E-state index in [1.54, 1.807) is 27.8 Å². The molecule has 1 aromatic rings. The molecule has 0 aliphatic carbocycles. The minimum Gasteiger partial charge on any atom is -0.481 e. The molecular formula is C11H17BrN4O4. The third kappa shape index (κ3) is 4.80. The van der Waals surface area contributed by atoms with Gasteiger partial charge in [-0.25, -0.2) is 9.48 Å². The molecule has 20 heavy (non-hydrogen) atoms. The molecule has 0 fully saturated rings. The molecule has 1 aromatic heterocycles. The molecule has 0 aliphatic heterocycles. The molecule has 9 heteroatoms. The summed E-state index contributed by atoms with van der Waals surface area (Å²) < 4.78 is 6.89. The molecular weight excluding hydrogens is 332 g/mol. The van der Waals surface area contributed by atoms with Crippen molar-refractivity contribution in [1.82, 2.24) is 20.3 Å². The quantitative estimate of drug-likeness (QED) is 0.856. The molecule has 1 heterocycles. The first-order chi connectivity index (χ1) is 9.10. The zero-order chi connectivity index (χ0) is 15.5. The maximum Gasteiger partial charge on any atom is 0.408 e. The molecule has 2 N–H and O–H groups in total. The minimum absolute atomic E-state index is 0.306. The van der Waals surface area contributed by atoms with Crippen molar-refractivity contribution in [3.63, 3.8) is 0 Å². The number of alkyl carbamates (subject to hydrolysis) is 1. The number of carboxylic acid groups (broad SMARTS) is 1. The van der Waals surface area contributed by atoms with Crippen LogP contribution in [0.5, 0.6) is 0 Å². The highest BCUT2D eigenvalue weighted by Gasteiger charge is 2.27. The van der Waals surface area contributed by atoms with Gasteiger partial charge in [0.2, 0.25) is 0 Å². The molecule has 8 nitrogen and oxygen atoms in total. The Bertz CT molecular complexity index is 490. The fourth-order valence-electron chi connectivity index (χ4n) is 1.55. The van der Waals surface area contributed by atoms with E-state index >= 15 is 0 Å². The number of nitrogens with one attached hydrogen (secondary N) is 1. The van der Waals surface area contributed by atoms with Crippen LogP contribution in [0.1, 0.15) is 38.9 Å². The van der Waals surface area contributed by atoms with Gasteiger partial charge >= 0.3 is 12.1 Å². The Kier molecular flexibility index (Phi) is 5.09. The first-order valence-corrected chi connectivity index (χ1v) is 6.66. The molecule has 112 valence electrons. The smallest absolute Gasteiger partial charge is 0.408 e. The molecule has 0 spiro atoms. The average molecular weight is 349 g/mol. The highest BCUT2D eigenvalue weighted by atomic mass is 79.9. The topological polar surface area (TPSA) is 106 Å². The Hall–Kier alpha value is -1.64. The number of carbonyl (C=O) groups is 2. The van der Waals surface area contributed by atoms with Gasteiger partial charge in [0.05, 0.1) is 18.2 Å². The average Bonchev–Trinajstić information content (AvgIpc) is 2.53. The number of halogens is 1. The lowest BCUT2D eigenvalue weighted by molar-refractivity contribution is -0.137.